The van der Waals surface area contributed by atoms with Crippen LogP contribution in [0, 0.1) is 12.2 Å². The SMILES string of the molecule is O=C1O[C]1CC[C]1OC1=O. The van der Waals surface area contributed by atoms with Gasteiger partial charge in [0.1, 0.15) is 0 Å². The van der Waals surface area contributed by atoms with Crippen molar-refractivity contribution in [3.05, 3.63) is 12.2 Å². The van der Waals surface area contributed by atoms with Crippen molar-refractivity contribution in [2.45, 2.75) is 12.8 Å². The fourth-order valence-corrected chi connectivity index (χ4v) is 0.706. The first kappa shape index (κ1) is 5.70. The van der Waals surface area contributed by atoms with E-state index >= 15 is 0 Å². The summed E-state index contributed by atoms with van der Waals surface area (Å²) in [6.07, 6.45) is 1.91. The van der Waals surface area contributed by atoms with Crippen molar-refractivity contribution in [2.24, 2.45) is 0 Å². The van der Waals surface area contributed by atoms with E-state index in [0.29, 0.717) is 25.0 Å². The van der Waals surface area contributed by atoms with Gasteiger partial charge in [-0.1, -0.05) is 0 Å². The average Bonchev–Trinajstić information content (AvgIpc) is 2.71. The minimum Gasteiger partial charge on any atom is -0.439 e. The second kappa shape index (κ2) is 1.71. The van der Waals surface area contributed by atoms with Crippen molar-refractivity contribution in [1.82, 2.24) is 0 Å². The van der Waals surface area contributed by atoms with Crippen LogP contribution in [0.1, 0.15) is 12.8 Å². The van der Waals surface area contributed by atoms with E-state index in [-0.39, 0.29) is 11.9 Å². The fraction of sp³-hybridized carbons (Fsp3) is 0.333. The van der Waals surface area contributed by atoms with Crippen molar-refractivity contribution in [3.8, 4) is 0 Å². The smallest absolute Gasteiger partial charge is 0.356 e. The van der Waals surface area contributed by atoms with Gasteiger partial charge in [0.25, 0.3) is 12.2 Å². The standard InChI is InChI=1S/C6H4O4/c7-5-3(9-5)1-2-4-6(8)10-4/h1-2H2. The Labute approximate surface area is 57.1 Å². The van der Waals surface area contributed by atoms with E-state index in [0.717, 1.165) is 0 Å². The molecule has 0 atom stereocenters. The van der Waals surface area contributed by atoms with Crippen molar-refractivity contribution in [2.75, 3.05) is 0 Å². The lowest BCUT2D eigenvalue weighted by Crippen LogP contribution is -1.81. The third-order valence-electron chi connectivity index (χ3n) is 1.38. The Morgan fingerprint density at radius 3 is 1.40 bits per heavy atom. The highest BCUT2D eigenvalue weighted by atomic mass is 16.6. The van der Waals surface area contributed by atoms with E-state index in [2.05, 4.69) is 9.47 Å². The lowest BCUT2D eigenvalue weighted by atomic mass is 10.2. The Balaban J connectivity index is 1.65. The number of hydrogen-bond donors (Lipinski definition) is 0. The molecule has 52 valence electrons. The predicted octanol–water partition coefficient (Wildman–Crippen LogP) is -0.0558. The number of carbonyl (C=O) groups excluding carboxylic acids is 2. The molecule has 2 rings (SSSR count). The molecule has 4 nitrogen and oxygen atoms in total. The van der Waals surface area contributed by atoms with Gasteiger partial charge in [0.15, 0.2) is 0 Å². The molecule has 10 heavy (non-hydrogen) atoms. The van der Waals surface area contributed by atoms with E-state index in [1.807, 2.05) is 0 Å². The summed E-state index contributed by atoms with van der Waals surface area (Å²) in [4.78, 5) is 20.4. The molecular weight excluding hydrogens is 136 g/mol. The zero-order valence-electron chi connectivity index (χ0n) is 5.05. The monoisotopic (exact) mass is 140 g/mol. The molecule has 2 heterocycles. The van der Waals surface area contributed by atoms with Crippen LogP contribution in [0.3, 0.4) is 0 Å². The van der Waals surface area contributed by atoms with Gasteiger partial charge < -0.3 is 9.47 Å². The Kier molecular flexibility index (Phi) is 0.977. The zero-order chi connectivity index (χ0) is 7.14. The number of ether oxygens (including phenoxy) is 2. The van der Waals surface area contributed by atoms with Gasteiger partial charge in [-0.3, -0.25) is 0 Å². The summed E-state index contributed by atoms with van der Waals surface area (Å²) >= 11 is 0. The van der Waals surface area contributed by atoms with Crippen LogP contribution in [0.4, 0.5) is 0 Å². The number of epoxide rings is 2. The summed E-state index contributed by atoms with van der Waals surface area (Å²) in [5, 5.41) is 0. The molecule has 0 aromatic carbocycles. The number of cyclic esters (lactones) is 2. The van der Waals surface area contributed by atoms with E-state index < -0.39 is 0 Å². The van der Waals surface area contributed by atoms with Crippen LogP contribution in [-0.4, -0.2) is 11.9 Å². The average molecular weight is 140 g/mol. The number of hydrogen-bond acceptors (Lipinski definition) is 4. The van der Waals surface area contributed by atoms with Gasteiger partial charge in [-0.2, -0.15) is 0 Å². The van der Waals surface area contributed by atoms with Crippen LogP contribution in [0.5, 0.6) is 0 Å². The Hall–Kier alpha value is -1.06. The molecule has 2 aliphatic heterocycles. The van der Waals surface area contributed by atoms with Crippen LogP contribution in [-0.2, 0) is 19.1 Å². The Morgan fingerprint density at radius 2 is 1.20 bits per heavy atom. The summed E-state index contributed by atoms with van der Waals surface area (Å²) in [5.74, 6) is -0.512. The van der Waals surface area contributed by atoms with Gasteiger partial charge in [-0.15, -0.1) is 0 Å². The molecule has 0 aromatic rings. The molecule has 0 aromatic heterocycles. The third kappa shape index (κ3) is 0.964. The summed E-state index contributed by atoms with van der Waals surface area (Å²) in [7, 11) is 0. The topological polar surface area (TPSA) is 59.2 Å². The molecule has 0 unspecified atom stereocenters. The van der Waals surface area contributed by atoms with Crippen LogP contribution in [0.2, 0.25) is 0 Å². The molecule has 0 amide bonds. The van der Waals surface area contributed by atoms with E-state index in [1.165, 1.54) is 0 Å². The van der Waals surface area contributed by atoms with Crippen LogP contribution in [0.25, 0.3) is 0 Å². The van der Waals surface area contributed by atoms with Gasteiger partial charge in [-0.25, -0.2) is 9.59 Å². The first-order valence-electron chi connectivity index (χ1n) is 2.93. The highest BCUT2D eigenvalue weighted by molar-refractivity contribution is 5.98. The van der Waals surface area contributed by atoms with Gasteiger partial charge in [0.2, 0.25) is 0 Å². The number of rotatable bonds is 3. The van der Waals surface area contributed by atoms with Crippen LogP contribution >= 0.6 is 0 Å². The normalized spacial score (nSPS) is 24.0. The van der Waals surface area contributed by atoms with E-state index in [9.17, 15) is 9.59 Å². The minimum atomic E-state index is -0.256. The highest BCUT2D eigenvalue weighted by Crippen LogP contribution is 2.34. The molecule has 0 saturated carbocycles. The second-order valence-electron chi connectivity index (χ2n) is 2.13. The molecule has 2 fully saturated rings. The summed E-state index contributed by atoms with van der Waals surface area (Å²) in [5.41, 5.74) is 0. The largest absolute Gasteiger partial charge is 0.439 e. The van der Waals surface area contributed by atoms with Crippen molar-refractivity contribution >= 4 is 11.9 Å². The first-order chi connectivity index (χ1) is 4.77. The minimum absolute atomic E-state index is 0.256. The van der Waals surface area contributed by atoms with Crippen molar-refractivity contribution in [1.29, 1.82) is 0 Å². The summed E-state index contributed by atoms with van der Waals surface area (Å²) < 4.78 is 8.86. The third-order valence-corrected chi connectivity index (χ3v) is 1.38. The summed E-state index contributed by atoms with van der Waals surface area (Å²) in [6.45, 7) is 0. The van der Waals surface area contributed by atoms with Crippen LogP contribution < -0.4 is 0 Å². The van der Waals surface area contributed by atoms with Crippen molar-refractivity contribution < 1.29 is 19.1 Å². The Morgan fingerprint density at radius 1 is 0.900 bits per heavy atom. The van der Waals surface area contributed by atoms with E-state index in [4.69, 9.17) is 0 Å². The molecule has 2 aliphatic rings. The lowest BCUT2D eigenvalue weighted by Gasteiger charge is -1.79. The van der Waals surface area contributed by atoms with Crippen LogP contribution in [0.15, 0.2) is 0 Å². The van der Waals surface area contributed by atoms with Gasteiger partial charge in [-0.05, 0) is 0 Å². The maximum atomic E-state index is 10.2. The van der Waals surface area contributed by atoms with E-state index in [1.54, 1.807) is 0 Å². The quantitative estimate of drug-likeness (QED) is 0.515. The maximum Gasteiger partial charge on any atom is 0.356 e. The lowest BCUT2D eigenvalue weighted by molar-refractivity contribution is -0.118. The first-order valence-corrected chi connectivity index (χ1v) is 2.93. The number of carbonyl (C=O) groups is 2. The predicted molar refractivity (Wildman–Crippen MR) is 27.9 cm³/mol. The molecule has 4 heteroatoms. The Bertz CT molecular complexity index is 176. The summed E-state index contributed by atoms with van der Waals surface area (Å²) in [6, 6.07) is 0. The van der Waals surface area contributed by atoms with Gasteiger partial charge in [0.05, 0.1) is 0 Å². The molecule has 0 bridgehead atoms. The van der Waals surface area contributed by atoms with Gasteiger partial charge >= 0.3 is 11.9 Å². The fourth-order valence-electron chi connectivity index (χ4n) is 0.706. The molecule has 0 aliphatic carbocycles. The zero-order valence-corrected chi connectivity index (χ0v) is 5.05. The molecule has 0 N–H and O–H groups in total. The molecule has 2 saturated heterocycles. The second-order valence-corrected chi connectivity index (χ2v) is 2.13. The molecule has 0 spiro atoms. The molecular formula is C6H4O4. The maximum absolute atomic E-state index is 10.2. The molecule has 2 radical (unpaired) electrons. The van der Waals surface area contributed by atoms with Crippen molar-refractivity contribution in [3.63, 3.8) is 0 Å². The highest BCUT2D eigenvalue weighted by Gasteiger charge is 2.46. The van der Waals surface area contributed by atoms with Gasteiger partial charge in [0, 0.05) is 12.8 Å².